The molecular formula is C15H24BrNS. The fourth-order valence-electron chi connectivity index (χ4n) is 1.87. The van der Waals surface area contributed by atoms with Gasteiger partial charge in [-0.2, -0.15) is 0 Å². The van der Waals surface area contributed by atoms with Crippen LogP contribution in [0.3, 0.4) is 0 Å². The maximum atomic E-state index is 3.61. The quantitative estimate of drug-likeness (QED) is 0.499. The first-order chi connectivity index (χ1) is 8.77. The van der Waals surface area contributed by atoms with Crippen LogP contribution in [0, 0.1) is 0 Å². The van der Waals surface area contributed by atoms with E-state index < -0.39 is 0 Å². The Morgan fingerprint density at radius 2 is 2.06 bits per heavy atom. The first-order valence-electron chi connectivity index (χ1n) is 6.88. The maximum Gasteiger partial charge on any atom is 0.0311 e. The molecule has 18 heavy (non-hydrogen) atoms. The zero-order valence-electron chi connectivity index (χ0n) is 11.4. The molecule has 1 unspecified atom stereocenters. The summed E-state index contributed by atoms with van der Waals surface area (Å²) in [7, 11) is 0. The Balaban J connectivity index is 2.19. The summed E-state index contributed by atoms with van der Waals surface area (Å²) >= 11 is 5.54. The van der Waals surface area contributed by atoms with E-state index in [1.807, 2.05) is 11.8 Å². The molecule has 0 bridgehead atoms. The second-order valence-corrected chi connectivity index (χ2v) is 6.47. The molecule has 1 rings (SSSR count). The monoisotopic (exact) mass is 329 g/mol. The molecule has 0 heterocycles. The Kier molecular flexibility index (Phi) is 8.82. The number of hydrogen-bond acceptors (Lipinski definition) is 2. The molecule has 0 amide bonds. The van der Waals surface area contributed by atoms with Crippen LogP contribution in [-0.2, 0) is 0 Å². The van der Waals surface area contributed by atoms with E-state index in [-0.39, 0.29) is 0 Å². The van der Waals surface area contributed by atoms with Gasteiger partial charge in [0, 0.05) is 15.4 Å². The molecule has 0 saturated heterocycles. The van der Waals surface area contributed by atoms with Crippen molar-refractivity contribution in [3.8, 4) is 0 Å². The average Bonchev–Trinajstić information content (AvgIpc) is 2.40. The lowest BCUT2D eigenvalue weighted by Gasteiger charge is -2.16. The summed E-state index contributed by atoms with van der Waals surface area (Å²) in [6.07, 6.45) is 5.02. The third kappa shape index (κ3) is 6.26. The average molecular weight is 330 g/mol. The number of nitrogens with one attached hydrogen (secondary N) is 1. The Morgan fingerprint density at radius 3 is 2.72 bits per heavy atom. The molecule has 0 aliphatic heterocycles. The van der Waals surface area contributed by atoms with E-state index >= 15 is 0 Å². The third-order valence-corrected chi connectivity index (χ3v) is 5.08. The van der Waals surface area contributed by atoms with E-state index in [2.05, 4.69) is 59.4 Å². The van der Waals surface area contributed by atoms with E-state index in [0.717, 1.165) is 6.54 Å². The molecule has 1 nitrogen and oxygen atoms in total. The van der Waals surface area contributed by atoms with Gasteiger partial charge in [0.05, 0.1) is 0 Å². The van der Waals surface area contributed by atoms with Crippen molar-refractivity contribution in [3.63, 3.8) is 0 Å². The van der Waals surface area contributed by atoms with Crippen molar-refractivity contribution >= 4 is 27.7 Å². The lowest BCUT2D eigenvalue weighted by Crippen LogP contribution is -2.29. The van der Waals surface area contributed by atoms with Crippen molar-refractivity contribution < 1.29 is 0 Å². The number of benzene rings is 1. The Bertz CT molecular complexity index is 330. The Morgan fingerprint density at radius 1 is 1.28 bits per heavy atom. The summed E-state index contributed by atoms with van der Waals surface area (Å²) in [5.41, 5.74) is 0. The smallest absolute Gasteiger partial charge is 0.0311 e. The van der Waals surface area contributed by atoms with Crippen LogP contribution in [0.5, 0.6) is 0 Å². The van der Waals surface area contributed by atoms with E-state index in [1.54, 1.807) is 0 Å². The second kappa shape index (κ2) is 9.88. The molecule has 0 spiro atoms. The summed E-state index contributed by atoms with van der Waals surface area (Å²) in [6.45, 7) is 5.65. The maximum absolute atomic E-state index is 3.61. The van der Waals surface area contributed by atoms with Crippen LogP contribution in [0.25, 0.3) is 0 Å². The largest absolute Gasteiger partial charge is 0.314 e. The molecule has 0 saturated carbocycles. The van der Waals surface area contributed by atoms with Gasteiger partial charge in [-0.3, -0.25) is 0 Å². The van der Waals surface area contributed by atoms with Gasteiger partial charge in [0.25, 0.3) is 0 Å². The van der Waals surface area contributed by atoms with Crippen molar-refractivity contribution in [2.45, 2.75) is 50.5 Å². The molecule has 1 N–H and O–H groups in total. The molecule has 1 atom stereocenters. The van der Waals surface area contributed by atoms with Gasteiger partial charge in [0.1, 0.15) is 0 Å². The standard InChI is InChI=1S/C15H24BrNS/c1-3-11-17-13(4-2)8-7-12-18-15-10-6-5-9-14(15)16/h5-6,9-10,13,17H,3-4,7-8,11-12H2,1-2H3. The summed E-state index contributed by atoms with van der Waals surface area (Å²) in [4.78, 5) is 1.35. The van der Waals surface area contributed by atoms with Gasteiger partial charge < -0.3 is 5.32 Å². The van der Waals surface area contributed by atoms with Gasteiger partial charge in [0.15, 0.2) is 0 Å². The van der Waals surface area contributed by atoms with Gasteiger partial charge >= 0.3 is 0 Å². The molecular weight excluding hydrogens is 306 g/mol. The highest BCUT2D eigenvalue weighted by Crippen LogP contribution is 2.27. The normalized spacial score (nSPS) is 12.6. The summed E-state index contributed by atoms with van der Waals surface area (Å²) in [6, 6.07) is 9.16. The van der Waals surface area contributed by atoms with Crippen LogP contribution >= 0.6 is 27.7 Å². The number of halogens is 1. The molecule has 3 heteroatoms. The third-order valence-electron chi connectivity index (χ3n) is 2.97. The van der Waals surface area contributed by atoms with Gasteiger partial charge in [0.2, 0.25) is 0 Å². The van der Waals surface area contributed by atoms with E-state index in [4.69, 9.17) is 0 Å². The van der Waals surface area contributed by atoms with Crippen molar-refractivity contribution in [3.05, 3.63) is 28.7 Å². The minimum atomic E-state index is 0.699. The van der Waals surface area contributed by atoms with Gasteiger partial charge in [-0.1, -0.05) is 26.0 Å². The fourth-order valence-corrected chi connectivity index (χ4v) is 3.41. The number of hydrogen-bond donors (Lipinski definition) is 1. The zero-order valence-corrected chi connectivity index (χ0v) is 13.8. The van der Waals surface area contributed by atoms with Gasteiger partial charge in [-0.15, -0.1) is 11.8 Å². The van der Waals surface area contributed by atoms with Gasteiger partial charge in [-0.25, -0.2) is 0 Å². The predicted molar refractivity (Wildman–Crippen MR) is 86.5 cm³/mol. The summed E-state index contributed by atoms with van der Waals surface area (Å²) < 4.78 is 1.21. The fraction of sp³-hybridized carbons (Fsp3) is 0.600. The topological polar surface area (TPSA) is 12.0 Å². The molecule has 0 fully saturated rings. The van der Waals surface area contributed by atoms with Crippen LogP contribution in [0.1, 0.15) is 39.5 Å². The molecule has 1 aromatic rings. The van der Waals surface area contributed by atoms with Crippen LogP contribution in [0.2, 0.25) is 0 Å². The van der Waals surface area contributed by atoms with E-state index in [0.29, 0.717) is 6.04 Å². The number of thioether (sulfide) groups is 1. The predicted octanol–water partition coefficient (Wildman–Crippen LogP) is 5.10. The Hall–Kier alpha value is 0.01000. The molecule has 102 valence electrons. The minimum absolute atomic E-state index is 0.699. The van der Waals surface area contributed by atoms with Crippen LogP contribution in [-0.4, -0.2) is 18.3 Å². The van der Waals surface area contributed by atoms with Crippen molar-refractivity contribution in [1.82, 2.24) is 5.32 Å². The number of rotatable bonds is 9. The first kappa shape index (κ1) is 16.1. The van der Waals surface area contributed by atoms with Crippen LogP contribution in [0.4, 0.5) is 0 Å². The lowest BCUT2D eigenvalue weighted by molar-refractivity contribution is 0.465. The van der Waals surface area contributed by atoms with Gasteiger partial charge in [-0.05, 0) is 66.0 Å². The zero-order chi connectivity index (χ0) is 13.2. The first-order valence-corrected chi connectivity index (χ1v) is 8.66. The SMILES string of the molecule is CCCNC(CC)CCCSc1ccccc1Br. The van der Waals surface area contributed by atoms with E-state index in [9.17, 15) is 0 Å². The van der Waals surface area contributed by atoms with E-state index in [1.165, 1.54) is 40.8 Å². The van der Waals surface area contributed by atoms with Crippen LogP contribution < -0.4 is 5.32 Å². The van der Waals surface area contributed by atoms with Crippen molar-refractivity contribution in [1.29, 1.82) is 0 Å². The van der Waals surface area contributed by atoms with Crippen LogP contribution in [0.15, 0.2) is 33.6 Å². The highest BCUT2D eigenvalue weighted by molar-refractivity contribution is 9.10. The Labute approximate surface area is 124 Å². The second-order valence-electron chi connectivity index (χ2n) is 4.48. The lowest BCUT2D eigenvalue weighted by atomic mass is 10.1. The molecule has 0 aromatic heterocycles. The highest BCUT2D eigenvalue weighted by Gasteiger charge is 2.05. The highest BCUT2D eigenvalue weighted by atomic mass is 79.9. The summed E-state index contributed by atoms with van der Waals surface area (Å²) in [5, 5.41) is 3.61. The molecule has 0 radical (unpaired) electrons. The molecule has 0 aliphatic carbocycles. The van der Waals surface area contributed by atoms with Crippen molar-refractivity contribution in [2.75, 3.05) is 12.3 Å². The molecule has 1 aromatic carbocycles. The minimum Gasteiger partial charge on any atom is -0.314 e. The molecule has 0 aliphatic rings. The van der Waals surface area contributed by atoms with Crippen molar-refractivity contribution in [2.24, 2.45) is 0 Å². The summed E-state index contributed by atoms with van der Waals surface area (Å²) in [5.74, 6) is 1.20.